The highest BCUT2D eigenvalue weighted by Gasteiger charge is 2.16. The smallest absolute Gasteiger partial charge is 0.290 e. The number of aromatic nitrogens is 3. The number of carbonyl (C=O) groups is 1. The Bertz CT molecular complexity index is 1160. The lowest BCUT2D eigenvalue weighted by molar-refractivity contribution is -0.122. The van der Waals surface area contributed by atoms with E-state index >= 15 is 0 Å². The number of pyridine rings is 1. The van der Waals surface area contributed by atoms with Gasteiger partial charge in [-0.1, -0.05) is 11.6 Å². The number of ether oxygens (including phenoxy) is 1. The van der Waals surface area contributed by atoms with Crippen LogP contribution in [0, 0.1) is 0 Å². The molecule has 162 valence electrons. The Morgan fingerprint density at radius 1 is 1.26 bits per heavy atom. The number of fused-ring (bicyclic) bond motifs is 1. The number of nitrogens with zero attached hydrogens (tertiary/aromatic N) is 3. The van der Waals surface area contributed by atoms with Crippen molar-refractivity contribution in [1.82, 2.24) is 20.3 Å². The zero-order valence-electron chi connectivity index (χ0n) is 17.1. The topological polar surface area (TPSA) is 112 Å². The zero-order chi connectivity index (χ0) is 21.8. The van der Waals surface area contributed by atoms with Crippen LogP contribution in [0.15, 0.2) is 35.3 Å². The lowest BCUT2D eigenvalue weighted by atomic mass is 10.1. The number of hydrogen-bond acceptors (Lipinski definition) is 7. The van der Waals surface area contributed by atoms with Gasteiger partial charge in [0.1, 0.15) is 5.02 Å². The molecule has 3 aromatic rings. The van der Waals surface area contributed by atoms with Gasteiger partial charge >= 0.3 is 0 Å². The Labute approximate surface area is 183 Å². The highest BCUT2D eigenvalue weighted by Crippen LogP contribution is 2.27. The van der Waals surface area contributed by atoms with Crippen molar-refractivity contribution >= 4 is 45.9 Å². The van der Waals surface area contributed by atoms with Gasteiger partial charge in [0, 0.05) is 36.7 Å². The number of H-pyrrole nitrogens is 1. The molecule has 0 saturated carbocycles. The van der Waals surface area contributed by atoms with Crippen molar-refractivity contribution in [3.63, 3.8) is 0 Å². The van der Waals surface area contributed by atoms with Gasteiger partial charge in [0.05, 0.1) is 6.20 Å². The van der Waals surface area contributed by atoms with Gasteiger partial charge < -0.3 is 25.3 Å². The van der Waals surface area contributed by atoms with Crippen LogP contribution in [0.3, 0.4) is 0 Å². The number of piperidine rings is 1. The number of likely N-dealkylation sites (N-methyl/N-ethyl adjacent to an activating group) is 1. The maximum absolute atomic E-state index is 12.2. The summed E-state index contributed by atoms with van der Waals surface area (Å²) >= 11 is 6.32. The van der Waals surface area contributed by atoms with Crippen molar-refractivity contribution < 1.29 is 9.53 Å². The highest BCUT2D eigenvalue weighted by molar-refractivity contribution is 6.32. The van der Waals surface area contributed by atoms with Crippen LogP contribution < -0.4 is 25.8 Å². The Kier molecular flexibility index (Phi) is 6.22. The van der Waals surface area contributed by atoms with E-state index in [2.05, 4.69) is 30.5 Å². The van der Waals surface area contributed by atoms with Crippen molar-refractivity contribution in [3.05, 3.63) is 45.8 Å². The number of aromatic amines is 1. The molecule has 3 N–H and O–H groups in total. The first-order valence-electron chi connectivity index (χ1n) is 10.1. The molecule has 0 aliphatic carbocycles. The van der Waals surface area contributed by atoms with E-state index in [1.54, 1.807) is 18.3 Å². The van der Waals surface area contributed by atoms with Crippen molar-refractivity contribution in [1.29, 1.82) is 0 Å². The summed E-state index contributed by atoms with van der Waals surface area (Å²) in [5.41, 5.74) is 0.981. The molecule has 1 aromatic carbocycles. The Balaban J connectivity index is 1.59. The number of benzene rings is 1. The lowest BCUT2D eigenvalue weighted by Gasteiger charge is -2.26. The third-order valence-electron chi connectivity index (χ3n) is 5.08. The number of anilines is 3. The van der Waals surface area contributed by atoms with Crippen molar-refractivity contribution in [2.75, 3.05) is 37.0 Å². The zero-order valence-corrected chi connectivity index (χ0v) is 17.8. The van der Waals surface area contributed by atoms with Crippen LogP contribution in [-0.4, -0.2) is 47.6 Å². The molecule has 0 spiro atoms. The van der Waals surface area contributed by atoms with Gasteiger partial charge in [-0.15, -0.1) is 0 Å². The molecule has 31 heavy (non-hydrogen) atoms. The molecule has 1 aliphatic heterocycles. The molecule has 1 fully saturated rings. The normalized spacial score (nSPS) is 13.8. The molecule has 0 radical (unpaired) electrons. The van der Waals surface area contributed by atoms with Gasteiger partial charge in [-0.2, -0.15) is 4.98 Å². The van der Waals surface area contributed by atoms with E-state index < -0.39 is 5.56 Å². The highest BCUT2D eigenvalue weighted by atomic mass is 35.5. The number of carbonyl (C=O) groups excluding carboxylic acids is 1. The standard InChI is InChI=1S/C21H23ClN6O3/c1-23-18(29)12-31-17-10-13-9-14(5-6-16(13)26-20(17)30)25-19-15(22)11-24-21(27-19)28-7-3-2-4-8-28/h5-6,9-11H,2-4,7-8,12H2,1H3,(H,23,29)(H,26,30)(H,24,25,27). The maximum Gasteiger partial charge on any atom is 0.290 e. The third kappa shape index (κ3) is 4.88. The minimum atomic E-state index is -0.401. The van der Waals surface area contributed by atoms with Crippen LogP contribution in [-0.2, 0) is 4.79 Å². The van der Waals surface area contributed by atoms with E-state index in [9.17, 15) is 9.59 Å². The predicted molar refractivity (Wildman–Crippen MR) is 121 cm³/mol. The summed E-state index contributed by atoms with van der Waals surface area (Å²) in [6, 6.07) is 7.05. The maximum atomic E-state index is 12.2. The van der Waals surface area contributed by atoms with Gasteiger partial charge in [0.2, 0.25) is 5.95 Å². The van der Waals surface area contributed by atoms with Crippen LogP contribution in [0.25, 0.3) is 10.9 Å². The molecule has 10 heteroatoms. The van der Waals surface area contributed by atoms with Gasteiger partial charge in [-0.25, -0.2) is 4.98 Å². The first-order chi connectivity index (χ1) is 15.0. The Morgan fingerprint density at radius 2 is 2.06 bits per heavy atom. The van der Waals surface area contributed by atoms with Crippen LogP contribution in [0.5, 0.6) is 5.75 Å². The van der Waals surface area contributed by atoms with E-state index in [-0.39, 0.29) is 18.3 Å². The molecule has 3 heterocycles. The molecule has 9 nitrogen and oxygen atoms in total. The van der Waals surface area contributed by atoms with E-state index in [1.807, 2.05) is 12.1 Å². The summed E-state index contributed by atoms with van der Waals surface area (Å²) in [7, 11) is 1.50. The number of amides is 1. The summed E-state index contributed by atoms with van der Waals surface area (Å²) in [4.78, 5) is 37.5. The van der Waals surface area contributed by atoms with Gasteiger partial charge in [-0.3, -0.25) is 9.59 Å². The number of hydrogen-bond donors (Lipinski definition) is 3. The molecule has 1 amide bonds. The third-order valence-corrected chi connectivity index (χ3v) is 5.36. The fraction of sp³-hybridized carbons (Fsp3) is 0.333. The molecule has 1 aliphatic rings. The lowest BCUT2D eigenvalue weighted by Crippen LogP contribution is -2.31. The van der Waals surface area contributed by atoms with Gasteiger partial charge in [0.15, 0.2) is 18.2 Å². The van der Waals surface area contributed by atoms with E-state index in [0.717, 1.165) is 37.0 Å². The minimum absolute atomic E-state index is 0.0701. The van der Waals surface area contributed by atoms with E-state index in [1.165, 1.54) is 13.5 Å². The van der Waals surface area contributed by atoms with Gasteiger partial charge in [-0.05, 0) is 43.5 Å². The molecule has 0 bridgehead atoms. The molecule has 2 aromatic heterocycles. The monoisotopic (exact) mass is 442 g/mol. The SMILES string of the molecule is CNC(=O)COc1cc2cc(Nc3nc(N4CCCCC4)ncc3Cl)ccc2[nH]c1=O. The van der Waals surface area contributed by atoms with Crippen molar-refractivity contribution in [3.8, 4) is 5.75 Å². The molecular formula is C21H23ClN6O3. The average Bonchev–Trinajstić information content (AvgIpc) is 2.79. The first-order valence-corrected chi connectivity index (χ1v) is 10.5. The molecule has 0 unspecified atom stereocenters. The quantitative estimate of drug-likeness (QED) is 0.538. The summed E-state index contributed by atoms with van der Waals surface area (Å²) < 4.78 is 5.33. The van der Waals surface area contributed by atoms with Gasteiger partial charge in [0.25, 0.3) is 11.5 Å². The van der Waals surface area contributed by atoms with Crippen molar-refractivity contribution in [2.45, 2.75) is 19.3 Å². The number of halogens is 1. The van der Waals surface area contributed by atoms with Crippen molar-refractivity contribution in [2.24, 2.45) is 0 Å². The minimum Gasteiger partial charge on any atom is -0.478 e. The second-order valence-electron chi connectivity index (χ2n) is 7.27. The fourth-order valence-corrected chi connectivity index (χ4v) is 3.55. The second-order valence-corrected chi connectivity index (χ2v) is 7.67. The van der Waals surface area contributed by atoms with Crippen LogP contribution in [0.2, 0.25) is 5.02 Å². The summed E-state index contributed by atoms with van der Waals surface area (Å²) in [6.45, 7) is 1.63. The van der Waals surface area contributed by atoms with Crippen LogP contribution >= 0.6 is 11.6 Å². The summed E-state index contributed by atoms with van der Waals surface area (Å²) in [6.07, 6.45) is 5.08. The average molecular weight is 443 g/mol. The van der Waals surface area contributed by atoms with E-state index in [4.69, 9.17) is 16.3 Å². The second kappa shape index (κ2) is 9.22. The Hall–Kier alpha value is -3.33. The predicted octanol–water partition coefficient (Wildman–Crippen LogP) is 2.83. The summed E-state index contributed by atoms with van der Waals surface area (Å²) in [5, 5.41) is 6.83. The van der Waals surface area contributed by atoms with E-state index in [0.29, 0.717) is 22.3 Å². The number of nitrogens with one attached hydrogen (secondary N) is 3. The molecule has 4 rings (SSSR count). The van der Waals surface area contributed by atoms with Crippen LogP contribution in [0.4, 0.5) is 17.5 Å². The largest absolute Gasteiger partial charge is 0.478 e. The van der Waals surface area contributed by atoms with Crippen LogP contribution in [0.1, 0.15) is 19.3 Å². The Morgan fingerprint density at radius 3 is 2.84 bits per heavy atom. The molecular weight excluding hydrogens is 420 g/mol. The fourth-order valence-electron chi connectivity index (χ4n) is 3.42. The molecule has 0 atom stereocenters. The number of rotatable bonds is 6. The molecule has 1 saturated heterocycles. The first kappa shape index (κ1) is 20.9. The summed E-state index contributed by atoms with van der Waals surface area (Å²) in [5.74, 6) is 0.914.